The Morgan fingerprint density at radius 1 is 0.268 bits per heavy atom. The Morgan fingerprint density at radius 2 is 0.714 bits per heavy atom. The van der Waals surface area contributed by atoms with Gasteiger partial charge in [-0.1, -0.05) is 158 Å². The van der Waals surface area contributed by atoms with Crippen LogP contribution in [0, 0.1) is 0 Å². The van der Waals surface area contributed by atoms with Gasteiger partial charge in [-0.15, -0.1) is 0 Å². The van der Waals surface area contributed by atoms with Crippen molar-refractivity contribution < 1.29 is 0 Å². The second-order valence-corrected chi connectivity index (χ2v) is 14.1. The van der Waals surface area contributed by atoms with E-state index in [9.17, 15) is 0 Å². The molecule has 5 nitrogen and oxygen atoms in total. The van der Waals surface area contributed by atoms with Crippen molar-refractivity contribution in [2.75, 3.05) is 0 Å². The Labute approximate surface area is 323 Å². The van der Waals surface area contributed by atoms with Crippen molar-refractivity contribution >= 4 is 43.6 Å². The molecule has 3 aromatic heterocycles. The number of para-hydroxylation sites is 2. The molecule has 0 amide bonds. The van der Waals surface area contributed by atoms with Crippen LogP contribution in [0.3, 0.4) is 0 Å². The van der Waals surface area contributed by atoms with E-state index in [1.165, 1.54) is 16.5 Å². The maximum atomic E-state index is 5.27. The summed E-state index contributed by atoms with van der Waals surface area (Å²) in [6.45, 7) is 0. The van der Waals surface area contributed by atoms with E-state index >= 15 is 0 Å². The molecular weight excluding hydrogens is 683 g/mol. The Bertz CT molecular complexity index is 3220. The average Bonchev–Trinajstić information content (AvgIpc) is 3.78. The maximum Gasteiger partial charge on any atom is 0.238 e. The first-order valence-corrected chi connectivity index (χ1v) is 18.9. The molecule has 8 aromatic carbocycles. The third-order valence-electron chi connectivity index (χ3n) is 10.8. The molecule has 0 saturated heterocycles. The van der Waals surface area contributed by atoms with Gasteiger partial charge in [-0.3, -0.25) is 4.57 Å². The van der Waals surface area contributed by atoms with Crippen LogP contribution >= 0.6 is 0 Å². The van der Waals surface area contributed by atoms with Crippen molar-refractivity contribution in [2.24, 2.45) is 0 Å². The first-order chi connectivity index (χ1) is 27.8. The van der Waals surface area contributed by atoms with Crippen LogP contribution in [0.25, 0.3) is 100 Å². The molecule has 0 N–H and O–H groups in total. The third-order valence-corrected chi connectivity index (χ3v) is 10.8. The lowest BCUT2D eigenvalue weighted by molar-refractivity contribution is 0.954. The van der Waals surface area contributed by atoms with Crippen molar-refractivity contribution in [3.05, 3.63) is 200 Å². The summed E-state index contributed by atoms with van der Waals surface area (Å²) in [6.07, 6.45) is 0. The van der Waals surface area contributed by atoms with Gasteiger partial charge in [0.05, 0.1) is 22.1 Å². The first kappa shape index (κ1) is 31.9. The van der Waals surface area contributed by atoms with Crippen molar-refractivity contribution in [1.29, 1.82) is 0 Å². The Hall–Kier alpha value is -7.63. The summed E-state index contributed by atoms with van der Waals surface area (Å²) in [6, 6.07) is 70.4. The zero-order valence-corrected chi connectivity index (χ0v) is 30.3. The monoisotopic (exact) mass is 715 g/mol. The molecule has 11 rings (SSSR count). The van der Waals surface area contributed by atoms with E-state index in [0.717, 1.165) is 66.2 Å². The highest BCUT2D eigenvalue weighted by molar-refractivity contribution is 6.19. The summed E-state index contributed by atoms with van der Waals surface area (Å²) in [5, 5.41) is 4.62. The van der Waals surface area contributed by atoms with Crippen molar-refractivity contribution in [1.82, 2.24) is 24.1 Å². The normalized spacial score (nSPS) is 11.6. The average molecular weight is 716 g/mol. The standard InChI is InChI=1S/C51H33N5/c1-4-15-34(16-5-1)36-27-29-40(30-28-36)55-45-25-12-10-23-41(45)43-33-48-44(32-47(43)55)42-24-11-13-26-46(42)56(48)51-53-49(37-19-8-3-9-20-37)52-50(54-51)39-22-14-21-38(31-39)35-17-6-2-7-18-35/h1-33H. The van der Waals surface area contributed by atoms with Gasteiger partial charge in [-0.25, -0.2) is 4.98 Å². The van der Waals surface area contributed by atoms with E-state index in [2.05, 4.69) is 185 Å². The minimum absolute atomic E-state index is 0.574. The lowest BCUT2D eigenvalue weighted by atomic mass is 10.0. The van der Waals surface area contributed by atoms with Gasteiger partial charge in [0.25, 0.3) is 0 Å². The van der Waals surface area contributed by atoms with E-state index in [0.29, 0.717) is 17.6 Å². The van der Waals surface area contributed by atoms with E-state index in [-0.39, 0.29) is 0 Å². The van der Waals surface area contributed by atoms with E-state index < -0.39 is 0 Å². The van der Waals surface area contributed by atoms with Crippen LogP contribution < -0.4 is 0 Å². The molecule has 0 aliphatic carbocycles. The Balaban J connectivity index is 1.15. The van der Waals surface area contributed by atoms with Gasteiger partial charge in [-0.05, 0) is 64.7 Å². The highest BCUT2D eigenvalue weighted by Crippen LogP contribution is 2.40. The Morgan fingerprint density at radius 3 is 1.34 bits per heavy atom. The fraction of sp³-hybridized carbons (Fsp3) is 0. The number of benzene rings is 8. The molecule has 0 aliphatic heterocycles. The summed E-state index contributed by atoms with van der Waals surface area (Å²) >= 11 is 0. The van der Waals surface area contributed by atoms with Crippen LogP contribution in [0.15, 0.2) is 200 Å². The second kappa shape index (κ2) is 13.0. The lowest BCUT2D eigenvalue weighted by Crippen LogP contribution is -2.06. The number of hydrogen-bond acceptors (Lipinski definition) is 3. The maximum absolute atomic E-state index is 5.27. The molecule has 262 valence electrons. The predicted octanol–water partition coefficient (Wildman–Crippen LogP) is 12.7. The van der Waals surface area contributed by atoms with Crippen molar-refractivity contribution in [3.8, 4) is 56.7 Å². The van der Waals surface area contributed by atoms with E-state index in [1.54, 1.807) is 0 Å². The first-order valence-electron chi connectivity index (χ1n) is 18.9. The number of aromatic nitrogens is 5. The fourth-order valence-corrected chi connectivity index (χ4v) is 8.14. The van der Waals surface area contributed by atoms with Gasteiger partial charge in [-0.2, -0.15) is 9.97 Å². The molecule has 0 fully saturated rings. The van der Waals surface area contributed by atoms with Gasteiger partial charge in [0, 0.05) is 38.4 Å². The highest BCUT2D eigenvalue weighted by atomic mass is 15.2. The van der Waals surface area contributed by atoms with E-state index in [1.807, 2.05) is 24.3 Å². The molecule has 0 spiro atoms. The molecule has 0 atom stereocenters. The molecule has 0 saturated carbocycles. The minimum Gasteiger partial charge on any atom is -0.309 e. The van der Waals surface area contributed by atoms with Gasteiger partial charge in [0.1, 0.15) is 0 Å². The van der Waals surface area contributed by atoms with Crippen LogP contribution in [-0.2, 0) is 0 Å². The van der Waals surface area contributed by atoms with Crippen molar-refractivity contribution in [2.45, 2.75) is 0 Å². The molecular formula is C51H33N5. The molecule has 0 unspecified atom stereocenters. The zero-order valence-electron chi connectivity index (χ0n) is 30.3. The smallest absolute Gasteiger partial charge is 0.238 e. The van der Waals surface area contributed by atoms with Crippen LogP contribution in [0.4, 0.5) is 0 Å². The largest absolute Gasteiger partial charge is 0.309 e. The minimum atomic E-state index is 0.574. The quantitative estimate of drug-likeness (QED) is 0.172. The fourth-order valence-electron chi connectivity index (χ4n) is 8.14. The molecule has 5 heteroatoms. The Kier molecular flexibility index (Phi) is 7.42. The number of hydrogen-bond donors (Lipinski definition) is 0. The van der Waals surface area contributed by atoms with Gasteiger partial charge in [0.15, 0.2) is 11.6 Å². The van der Waals surface area contributed by atoms with Crippen LogP contribution in [0.2, 0.25) is 0 Å². The molecule has 0 bridgehead atoms. The van der Waals surface area contributed by atoms with E-state index in [4.69, 9.17) is 15.0 Å². The zero-order chi connectivity index (χ0) is 37.0. The van der Waals surface area contributed by atoms with Crippen LogP contribution in [0.5, 0.6) is 0 Å². The molecule has 0 radical (unpaired) electrons. The number of rotatable bonds is 6. The lowest BCUT2D eigenvalue weighted by Gasteiger charge is -2.12. The molecule has 11 aromatic rings. The summed E-state index contributed by atoms with van der Waals surface area (Å²) < 4.78 is 4.60. The third kappa shape index (κ3) is 5.29. The molecule has 56 heavy (non-hydrogen) atoms. The van der Waals surface area contributed by atoms with Crippen LogP contribution in [-0.4, -0.2) is 24.1 Å². The predicted molar refractivity (Wildman–Crippen MR) is 230 cm³/mol. The number of nitrogens with zero attached hydrogens (tertiary/aromatic N) is 5. The summed E-state index contributed by atoms with van der Waals surface area (Å²) in [4.78, 5) is 15.6. The van der Waals surface area contributed by atoms with Gasteiger partial charge >= 0.3 is 0 Å². The van der Waals surface area contributed by atoms with Gasteiger partial charge in [0.2, 0.25) is 5.95 Å². The highest BCUT2D eigenvalue weighted by Gasteiger charge is 2.21. The van der Waals surface area contributed by atoms with Crippen LogP contribution in [0.1, 0.15) is 0 Å². The molecule has 0 aliphatic rings. The summed E-state index contributed by atoms with van der Waals surface area (Å²) in [5.41, 5.74) is 12.0. The summed E-state index contributed by atoms with van der Waals surface area (Å²) in [5.74, 6) is 1.82. The SMILES string of the molecule is c1ccc(-c2ccc(-n3c4ccccc4c4cc5c(cc43)c3ccccc3n5-c3nc(-c4ccccc4)nc(-c4cccc(-c5ccccc5)c4)n3)cc2)cc1. The van der Waals surface area contributed by atoms with Gasteiger partial charge < -0.3 is 4.57 Å². The van der Waals surface area contributed by atoms with Crippen molar-refractivity contribution in [3.63, 3.8) is 0 Å². The molecule has 3 heterocycles. The second-order valence-electron chi connectivity index (χ2n) is 14.1. The number of fused-ring (bicyclic) bond motifs is 6. The topological polar surface area (TPSA) is 48.5 Å². The summed E-state index contributed by atoms with van der Waals surface area (Å²) in [7, 11) is 0.